The third-order valence-corrected chi connectivity index (χ3v) is 5.12. The van der Waals surface area contributed by atoms with E-state index < -0.39 is 0 Å². The maximum absolute atomic E-state index is 8.76. The topological polar surface area (TPSA) is 119 Å². The minimum atomic E-state index is 0.339. The van der Waals surface area contributed by atoms with Gasteiger partial charge in [-0.2, -0.15) is 0 Å². The molecule has 1 heterocycles. The van der Waals surface area contributed by atoms with E-state index in [2.05, 4.69) is 52.5 Å². The number of benzene rings is 2. The monoisotopic (exact) mass is 417 g/mol. The van der Waals surface area contributed by atoms with Crippen molar-refractivity contribution in [2.75, 3.05) is 40.0 Å². The minimum absolute atomic E-state index is 0.339. The van der Waals surface area contributed by atoms with Gasteiger partial charge in [-0.3, -0.25) is 10.4 Å². The molecule has 2 aromatic carbocycles. The molecule has 3 aromatic rings. The minimum Gasteiger partial charge on any atom is -0.404 e. The van der Waals surface area contributed by atoms with Crippen LogP contribution in [0, 0.1) is 5.41 Å². The van der Waals surface area contributed by atoms with Crippen molar-refractivity contribution in [3.63, 3.8) is 0 Å². The zero-order valence-electron chi connectivity index (χ0n) is 18.4. The van der Waals surface area contributed by atoms with Crippen molar-refractivity contribution >= 4 is 34.1 Å². The number of nitrogens with zero attached hydrogens (tertiary/aromatic N) is 2. The van der Waals surface area contributed by atoms with Crippen molar-refractivity contribution in [2.24, 2.45) is 10.7 Å². The van der Waals surface area contributed by atoms with Crippen LogP contribution in [-0.4, -0.2) is 56.0 Å². The van der Waals surface area contributed by atoms with Crippen LogP contribution >= 0.6 is 0 Å². The number of allylic oxidation sites excluding steroid dienone is 1. The van der Waals surface area contributed by atoms with Crippen LogP contribution in [0.4, 0.5) is 5.69 Å². The van der Waals surface area contributed by atoms with Gasteiger partial charge in [-0.25, -0.2) is 0 Å². The molecule has 0 spiro atoms. The van der Waals surface area contributed by atoms with Crippen LogP contribution in [0.25, 0.3) is 16.5 Å². The summed E-state index contributed by atoms with van der Waals surface area (Å²) in [5, 5.41) is 13.3. The number of H-pyrrole nitrogens is 1. The second kappa shape index (κ2) is 10.1. The molecule has 0 amide bonds. The summed E-state index contributed by atoms with van der Waals surface area (Å²) in [6.45, 7) is 2.74. The van der Waals surface area contributed by atoms with Crippen molar-refractivity contribution < 1.29 is 0 Å². The molecule has 3 rings (SSSR count). The summed E-state index contributed by atoms with van der Waals surface area (Å²) in [7, 11) is 5.83. The Morgan fingerprint density at radius 2 is 2.00 bits per heavy atom. The fourth-order valence-corrected chi connectivity index (χ4v) is 3.41. The van der Waals surface area contributed by atoms with Crippen LogP contribution in [0.3, 0.4) is 0 Å². The number of aromatic nitrogens is 1. The van der Waals surface area contributed by atoms with Gasteiger partial charge in [0.05, 0.1) is 11.4 Å². The molecule has 7 nitrogen and oxygen atoms in total. The van der Waals surface area contributed by atoms with Gasteiger partial charge in [0.15, 0.2) is 0 Å². The zero-order valence-corrected chi connectivity index (χ0v) is 18.4. The number of nitrogen functional groups attached to an aromatic ring is 1. The molecule has 0 fully saturated rings. The molecule has 7 heteroatoms. The Morgan fingerprint density at radius 1 is 1.19 bits per heavy atom. The number of rotatable bonds is 9. The van der Waals surface area contributed by atoms with E-state index in [1.165, 1.54) is 11.8 Å². The SMILES string of the molecule is CN=C/C(=C\N)c1ccc(N)c(C(=N)c2cc3cc(CNCCN(C)C)ccc3[nH]2)c1. The predicted octanol–water partition coefficient (Wildman–Crippen LogP) is 2.82. The summed E-state index contributed by atoms with van der Waals surface area (Å²) in [6, 6.07) is 13.9. The highest BCUT2D eigenvalue weighted by atomic mass is 15.1. The van der Waals surface area contributed by atoms with Gasteiger partial charge < -0.3 is 26.7 Å². The Morgan fingerprint density at radius 3 is 2.71 bits per heavy atom. The fraction of sp³-hybridized carbons (Fsp3) is 0.250. The summed E-state index contributed by atoms with van der Waals surface area (Å²) < 4.78 is 0. The Balaban J connectivity index is 1.84. The van der Waals surface area contributed by atoms with Gasteiger partial charge in [0.25, 0.3) is 0 Å². The first kappa shape index (κ1) is 22.3. The highest BCUT2D eigenvalue weighted by Crippen LogP contribution is 2.24. The van der Waals surface area contributed by atoms with E-state index in [0.717, 1.165) is 47.4 Å². The average molecular weight is 418 g/mol. The molecule has 0 radical (unpaired) electrons. The highest BCUT2D eigenvalue weighted by Gasteiger charge is 2.13. The molecule has 0 atom stereocenters. The van der Waals surface area contributed by atoms with Crippen molar-refractivity contribution in [1.29, 1.82) is 5.41 Å². The number of fused-ring (bicyclic) bond motifs is 1. The van der Waals surface area contributed by atoms with E-state index in [0.29, 0.717) is 17.0 Å². The third-order valence-electron chi connectivity index (χ3n) is 5.12. The standard InChI is InChI=1S/C24H31N7/c1-28-15-19(13-25)17-5-6-21(26)20(11-17)24(27)23-12-18-10-16(4-7-22(18)30-23)14-29-8-9-31(2)3/h4-7,10-13,15,27,29-30H,8-9,14,25-26H2,1-3H3/b19-13+,27-24?,28-15?. The first-order chi connectivity index (χ1) is 14.9. The summed E-state index contributed by atoms with van der Waals surface area (Å²) in [5.41, 5.74) is 18.0. The van der Waals surface area contributed by atoms with E-state index in [1.807, 2.05) is 18.2 Å². The quantitative estimate of drug-likeness (QED) is 0.209. The van der Waals surface area contributed by atoms with E-state index >= 15 is 0 Å². The Bertz CT molecular complexity index is 1120. The van der Waals surface area contributed by atoms with Crippen LogP contribution in [0.2, 0.25) is 0 Å². The lowest BCUT2D eigenvalue weighted by Gasteiger charge is -2.10. The number of hydrogen-bond donors (Lipinski definition) is 5. The molecular formula is C24H31N7. The second-order valence-corrected chi connectivity index (χ2v) is 7.77. The largest absolute Gasteiger partial charge is 0.404 e. The van der Waals surface area contributed by atoms with Crippen LogP contribution in [-0.2, 0) is 6.54 Å². The van der Waals surface area contributed by atoms with Crippen LogP contribution in [0.5, 0.6) is 0 Å². The Kier molecular flexibility index (Phi) is 7.23. The second-order valence-electron chi connectivity index (χ2n) is 7.77. The normalized spacial score (nSPS) is 12.3. The van der Waals surface area contributed by atoms with Gasteiger partial charge in [-0.1, -0.05) is 12.1 Å². The number of nitrogens with two attached hydrogens (primary N) is 2. The van der Waals surface area contributed by atoms with E-state index in [-0.39, 0.29) is 0 Å². The van der Waals surface area contributed by atoms with Crippen molar-refractivity contribution in [2.45, 2.75) is 6.54 Å². The van der Waals surface area contributed by atoms with Gasteiger partial charge in [0, 0.05) is 66.8 Å². The van der Waals surface area contributed by atoms with Crippen LogP contribution in [0.1, 0.15) is 22.4 Å². The number of anilines is 1. The van der Waals surface area contributed by atoms with E-state index in [9.17, 15) is 0 Å². The van der Waals surface area contributed by atoms with Crippen LogP contribution in [0.15, 0.2) is 53.7 Å². The first-order valence-corrected chi connectivity index (χ1v) is 10.2. The van der Waals surface area contributed by atoms with Crippen LogP contribution < -0.4 is 16.8 Å². The van der Waals surface area contributed by atoms with Gasteiger partial charge >= 0.3 is 0 Å². The number of likely N-dealkylation sites (N-methyl/N-ethyl adjacent to an activating group) is 1. The van der Waals surface area contributed by atoms with Crippen molar-refractivity contribution in [1.82, 2.24) is 15.2 Å². The summed E-state index contributed by atoms with van der Waals surface area (Å²) >= 11 is 0. The molecular weight excluding hydrogens is 386 g/mol. The highest BCUT2D eigenvalue weighted by molar-refractivity contribution is 6.16. The number of nitrogens with one attached hydrogen (secondary N) is 3. The Labute approximate surface area is 183 Å². The smallest absolute Gasteiger partial charge is 0.0868 e. The van der Waals surface area contributed by atoms with Gasteiger partial charge in [-0.15, -0.1) is 0 Å². The molecule has 0 aliphatic rings. The zero-order chi connectivity index (χ0) is 22.4. The molecule has 1 aromatic heterocycles. The predicted molar refractivity (Wildman–Crippen MR) is 132 cm³/mol. The molecule has 162 valence electrons. The van der Waals surface area contributed by atoms with Gasteiger partial charge in [-0.05, 0) is 55.6 Å². The fourth-order valence-electron chi connectivity index (χ4n) is 3.41. The summed E-state index contributed by atoms with van der Waals surface area (Å²) in [4.78, 5) is 9.54. The average Bonchev–Trinajstić information content (AvgIpc) is 3.18. The lowest BCUT2D eigenvalue weighted by atomic mass is 9.99. The number of aliphatic imine (C=N–C) groups is 1. The lowest BCUT2D eigenvalue weighted by Crippen LogP contribution is -2.26. The lowest BCUT2D eigenvalue weighted by molar-refractivity contribution is 0.400. The number of hydrogen-bond acceptors (Lipinski definition) is 6. The van der Waals surface area contributed by atoms with Crippen molar-refractivity contribution in [3.05, 3.63) is 71.0 Å². The molecule has 31 heavy (non-hydrogen) atoms. The third kappa shape index (κ3) is 5.39. The first-order valence-electron chi connectivity index (χ1n) is 10.2. The van der Waals surface area contributed by atoms with Gasteiger partial charge in [0.2, 0.25) is 0 Å². The van der Waals surface area contributed by atoms with E-state index in [4.69, 9.17) is 16.9 Å². The van der Waals surface area contributed by atoms with Crippen molar-refractivity contribution in [3.8, 4) is 0 Å². The molecule has 0 saturated heterocycles. The molecule has 0 unspecified atom stereocenters. The molecule has 0 aliphatic heterocycles. The summed E-state index contributed by atoms with van der Waals surface area (Å²) in [6.07, 6.45) is 3.19. The Hall–Kier alpha value is -3.42. The maximum atomic E-state index is 8.76. The molecule has 0 saturated carbocycles. The molecule has 7 N–H and O–H groups in total. The molecule has 0 aliphatic carbocycles. The maximum Gasteiger partial charge on any atom is 0.0868 e. The van der Waals surface area contributed by atoms with Gasteiger partial charge in [0.1, 0.15) is 0 Å². The van der Waals surface area contributed by atoms with E-state index in [1.54, 1.807) is 19.3 Å². The number of aromatic amines is 1. The molecule has 0 bridgehead atoms. The summed E-state index contributed by atoms with van der Waals surface area (Å²) in [5.74, 6) is 0.